The Bertz CT molecular complexity index is 960. The lowest BCUT2D eigenvalue weighted by atomic mass is 9.98. The van der Waals surface area contributed by atoms with Gasteiger partial charge in [-0.15, -0.1) is 0 Å². The number of rotatable bonds is 9. The van der Waals surface area contributed by atoms with Crippen molar-refractivity contribution in [2.75, 3.05) is 50.1 Å². The molecule has 5 rings (SSSR count). The average molecular weight is 473 g/mol. The van der Waals surface area contributed by atoms with E-state index in [0.717, 1.165) is 68.9 Å². The Kier molecular flexibility index (Phi) is 6.87. The summed E-state index contributed by atoms with van der Waals surface area (Å²) in [5, 5.41) is 21.6. The Morgan fingerprint density at radius 1 is 1.27 bits per heavy atom. The van der Waals surface area contributed by atoms with Crippen molar-refractivity contribution in [3.8, 4) is 5.75 Å². The number of halogens is 1. The van der Waals surface area contributed by atoms with Gasteiger partial charge in [-0.1, -0.05) is 17.7 Å². The molecule has 33 heavy (non-hydrogen) atoms. The minimum Gasteiger partial charge on any atom is -0.495 e. The summed E-state index contributed by atoms with van der Waals surface area (Å²) in [5.74, 6) is 4.18. The van der Waals surface area contributed by atoms with Crippen molar-refractivity contribution in [1.29, 1.82) is 0 Å². The molecule has 3 unspecified atom stereocenters. The maximum Gasteiger partial charge on any atom is 0.227 e. The third-order valence-electron chi connectivity index (χ3n) is 7.10. The van der Waals surface area contributed by atoms with Crippen LogP contribution in [0, 0.1) is 17.8 Å². The highest BCUT2D eigenvalue weighted by atomic mass is 35.5. The van der Waals surface area contributed by atoms with Gasteiger partial charge >= 0.3 is 0 Å². The summed E-state index contributed by atoms with van der Waals surface area (Å²) in [7, 11) is 1.61. The van der Waals surface area contributed by atoms with E-state index in [-0.39, 0.29) is 0 Å². The number of hydrogen-bond donors (Lipinski definition) is 4. The molecule has 0 bridgehead atoms. The van der Waals surface area contributed by atoms with E-state index in [1.165, 1.54) is 6.42 Å². The topological polar surface area (TPSA) is 94.6 Å². The van der Waals surface area contributed by atoms with Crippen LogP contribution in [-0.4, -0.2) is 54.9 Å². The first-order valence-electron chi connectivity index (χ1n) is 11.9. The van der Waals surface area contributed by atoms with Gasteiger partial charge in [0.05, 0.1) is 17.7 Å². The summed E-state index contributed by atoms with van der Waals surface area (Å²) in [6, 6.07) is 5.71. The molecule has 1 aromatic heterocycles. The zero-order chi connectivity index (χ0) is 22.8. The Morgan fingerprint density at radius 2 is 2.06 bits per heavy atom. The zero-order valence-electron chi connectivity index (χ0n) is 19.1. The number of fused-ring (bicyclic) bond motifs is 1. The van der Waals surface area contributed by atoms with Crippen molar-refractivity contribution in [1.82, 2.24) is 20.6 Å². The molecule has 2 saturated heterocycles. The summed E-state index contributed by atoms with van der Waals surface area (Å²) in [6.07, 6.45) is 4.50. The van der Waals surface area contributed by atoms with Gasteiger partial charge in [-0.05, 0) is 67.8 Å². The molecule has 1 saturated carbocycles. The summed E-state index contributed by atoms with van der Waals surface area (Å²) in [5.41, 5.74) is 1.67. The molecule has 3 heterocycles. The van der Waals surface area contributed by atoms with Crippen molar-refractivity contribution >= 4 is 23.4 Å². The van der Waals surface area contributed by atoms with E-state index in [2.05, 4.69) is 25.8 Å². The van der Waals surface area contributed by atoms with Gasteiger partial charge in [0.2, 0.25) is 5.95 Å². The SMILES string of the molecule is COc1ccc(CNc2nc(N3CC4CC4C3)ncc2C(O)NCC2CCNCC2)cc1Cl. The minimum absolute atomic E-state index is 0.527. The first-order valence-corrected chi connectivity index (χ1v) is 12.3. The highest BCUT2D eigenvalue weighted by Crippen LogP contribution is 2.45. The van der Waals surface area contributed by atoms with Gasteiger partial charge < -0.3 is 25.4 Å². The molecule has 3 fully saturated rings. The Hall–Kier alpha value is -2.13. The maximum atomic E-state index is 10.9. The molecule has 3 atom stereocenters. The van der Waals surface area contributed by atoms with E-state index in [1.54, 1.807) is 13.3 Å². The van der Waals surface area contributed by atoms with Crippen LogP contribution >= 0.6 is 11.6 Å². The fourth-order valence-electron chi connectivity index (χ4n) is 4.92. The normalized spacial score (nSPS) is 23.3. The highest BCUT2D eigenvalue weighted by Gasteiger charge is 2.45. The van der Waals surface area contributed by atoms with Crippen molar-refractivity contribution in [3.05, 3.63) is 40.5 Å². The molecule has 2 aromatic rings. The number of piperidine rings is 2. The van der Waals surface area contributed by atoms with Crippen LogP contribution in [0.15, 0.2) is 24.4 Å². The fraction of sp³-hybridized carbons (Fsp3) is 0.583. The number of methoxy groups -OCH3 is 1. The Morgan fingerprint density at radius 3 is 2.79 bits per heavy atom. The molecule has 1 aliphatic carbocycles. The van der Waals surface area contributed by atoms with Gasteiger partial charge in [-0.3, -0.25) is 5.32 Å². The van der Waals surface area contributed by atoms with Crippen LogP contribution in [0.1, 0.15) is 36.6 Å². The van der Waals surface area contributed by atoms with Gasteiger partial charge in [-0.25, -0.2) is 4.98 Å². The lowest BCUT2D eigenvalue weighted by Gasteiger charge is -2.25. The van der Waals surface area contributed by atoms with E-state index >= 15 is 0 Å². The van der Waals surface area contributed by atoms with Crippen LogP contribution in [0.25, 0.3) is 0 Å². The molecule has 4 N–H and O–H groups in total. The summed E-state index contributed by atoms with van der Waals surface area (Å²) in [6.45, 7) is 5.42. The largest absolute Gasteiger partial charge is 0.495 e. The molecule has 178 valence electrons. The zero-order valence-corrected chi connectivity index (χ0v) is 19.8. The molecule has 1 aromatic carbocycles. The average Bonchev–Trinajstić information content (AvgIpc) is 3.46. The number of ether oxygens (including phenoxy) is 1. The molecule has 0 radical (unpaired) electrons. The first kappa shape index (κ1) is 22.7. The van der Waals surface area contributed by atoms with E-state index in [0.29, 0.717) is 34.6 Å². The van der Waals surface area contributed by atoms with Crippen LogP contribution in [-0.2, 0) is 6.54 Å². The first-order chi connectivity index (χ1) is 16.1. The van der Waals surface area contributed by atoms with Gasteiger partial charge in [-0.2, -0.15) is 4.98 Å². The molecule has 9 heteroatoms. The second-order valence-electron chi connectivity index (χ2n) is 9.46. The highest BCUT2D eigenvalue weighted by molar-refractivity contribution is 6.32. The van der Waals surface area contributed by atoms with Crippen molar-refractivity contribution in [2.45, 2.75) is 32.0 Å². The van der Waals surface area contributed by atoms with E-state index in [9.17, 15) is 5.11 Å². The Balaban J connectivity index is 1.31. The standard InChI is InChI=1S/C24H33ClN6O2/c1-33-21-3-2-16(8-20(21)25)11-27-22-19(23(32)28-10-15-4-6-26-7-5-15)12-29-24(30-22)31-13-17-9-18(17)14-31/h2-3,8,12,15,17-18,23,26,28,32H,4-7,9-11,13-14H2,1H3,(H,27,29,30). The smallest absolute Gasteiger partial charge is 0.227 e. The van der Waals surface area contributed by atoms with E-state index in [4.69, 9.17) is 21.3 Å². The van der Waals surface area contributed by atoms with Gasteiger partial charge in [0.25, 0.3) is 0 Å². The number of aromatic nitrogens is 2. The number of aliphatic hydroxyl groups excluding tert-OH is 1. The fourth-order valence-corrected chi connectivity index (χ4v) is 5.20. The molecule has 0 amide bonds. The summed E-state index contributed by atoms with van der Waals surface area (Å²) < 4.78 is 5.25. The summed E-state index contributed by atoms with van der Waals surface area (Å²) in [4.78, 5) is 11.7. The van der Waals surface area contributed by atoms with Crippen molar-refractivity contribution < 1.29 is 9.84 Å². The molecule has 8 nitrogen and oxygen atoms in total. The number of benzene rings is 1. The lowest BCUT2D eigenvalue weighted by molar-refractivity contribution is 0.129. The third kappa shape index (κ3) is 5.35. The molecule has 2 aliphatic heterocycles. The molecular weight excluding hydrogens is 440 g/mol. The molecule has 3 aliphatic rings. The predicted octanol–water partition coefficient (Wildman–Crippen LogP) is 2.79. The Labute approximate surface area is 200 Å². The summed E-state index contributed by atoms with van der Waals surface area (Å²) >= 11 is 6.30. The predicted molar refractivity (Wildman–Crippen MR) is 130 cm³/mol. The molecular formula is C24H33ClN6O2. The third-order valence-corrected chi connectivity index (χ3v) is 7.39. The van der Waals surface area contributed by atoms with Gasteiger partial charge in [0.15, 0.2) is 0 Å². The lowest BCUT2D eigenvalue weighted by Crippen LogP contribution is -2.35. The van der Waals surface area contributed by atoms with Crippen LogP contribution in [0.2, 0.25) is 5.02 Å². The van der Waals surface area contributed by atoms with Crippen molar-refractivity contribution in [3.63, 3.8) is 0 Å². The number of anilines is 2. The van der Waals surface area contributed by atoms with E-state index in [1.807, 2.05) is 18.2 Å². The minimum atomic E-state index is -0.831. The number of nitrogens with one attached hydrogen (secondary N) is 3. The van der Waals surface area contributed by atoms with Gasteiger partial charge in [0, 0.05) is 32.4 Å². The monoisotopic (exact) mass is 472 g/mol. The van der Waals surface area contributed by atoms with Crippen LogP contribution < -0.4 is 25.6 Å². The van der Waals surface area contributed by atoms with Crippen LogP contribution in [0.4, 0.5) is 11.8 Å². The number of aliphatic hydroxyl groups is 1. The van der Waals surface area contributed by atoms with Crippen molar-refractivity contribution in [2.24, 2.45) is 17.8 Å². The van der Waals surface area contributed by atoms with E-state index < -0.39 is 6.23 Å². The van der Waals surface area contributed by atoms with Crippen LogP contribution in [0.5, 0.6) is 5.75 Å². The second-order valence-corrected chi connectivity index (χ2v) is 9.87. The maximum absolute atomic E-state index is 10.9. The quantitative estimate of drug-likeness (QED) is 0.414. The second kappa shape index (κ2) is 10.0. The number of hydrogen-bond acceptors (Lipinski definition) is 8. The van der Waals surface area contributed by atoms with Gasteiger partial charge in [0.1, 0.15) is 17.8 Å². The van der Waals surface area contributed by atoms with Crippen LogP contribution in [0.3, 0.4) is 0 Å². The number of nitrogens with zero attached hydrogens (tertiary/aromatic N) is 3. The molecule has 0 spiro atoms.